The zero-order valence-electron chi connectivity index (χ0n) is 12.4. The number of hydrogen-bond donors (Lipinski definition) is 0. The van der Waals surface area contributed by atoms with Crippen LogP contribution in [0.15, 0.2) is 0 Å². The topological polar surface area (TPSA) is 6.48 Å². The highest BCUT2D eigenvalue weighted by Crippen LogP contribution is 2.27. The van der Waals surface area contributed by atoms with Crippen molar-refractivity contribution in [3.05, 3.63) is 0 Å². The summed E-state index contributed by atoms with van der Waals surface area (Å²) in [5.41, 5.74) is 0. The van der Waals surface area contributed by atoms with Gasteiger partial charge in [-0.3, -0.25) is 9.80 Å². The summed E-state index contributed by atoms with van der Waals surface area (Å²) in [7, 11) is 0. The molecule has 3 atom stereocenters. The summed E-state index contributed by atoms with van der Waals surface area (Å²) in [4.78, 5) is 5.60. The molecule has 0 aliphatic carbocycles. The second-order valence-corrected chi connectivity index (χ2v) is 7.02. The van der Waals surface area contributed by atoms with Crippen molar-refractivity contribution in [1.82, 2.24) is 9.80 Å². The predicted molar refractivity (Wildman–Crippen MR) is 82.5 cm³/mol. The highest BCUT2D eigenvalue weighted by atomic mass is 32.2. The van der Waals surface area contributed by atoms with E-state index in [0.717, 1.165) is 18.1 Å². The molecule has 2 heterocycles. The van der Waals surface area contributed by atoms with Gasteiger partial charge in [-0.1, -0.05) is 13.3 Å². The number of thioether (sulfide) groups is 1. The molecule has 2 rings (SSSR count). The van der Waals surface area contributed by atoms with Gasteiger partial charge in [-0.15, -0.1) is 0 Å². The molecule has 0 spiro atoms. The summed E-state index contributed by atoms with van der Waals surface area (Å²) < 4.78 is 0. The lowest BCUT2D eigenvalue weighted by Crippen LogP contribution is -2.61. The third kappa shape index (κ3) is 3.43. The summed E-state index contributed by atoms with van der Waals surface area (Å²) in [5, 5.41) is 0. The smallest absolute Gasteiger partial charge is 0.0224 e. The zero-order chi connectivity index (χ0) is 13.0. The van der Waals surface area contributed by atoms with E-state index < -0.39 is 0 Å². The molecule has 2 nitrogen and oxygen atoms in total. The van der Waals surface area contributed by atoms with E-state index in [2.05, 4.69) is 29.9 Å². The lowest BCUT2D eigenvalue weighted by molar-refractivity contribution is -0.0121. The van der Waals surface area contributed by atoms with Gasteiger partial charge >= 0.3 is 0 Å². The fraction of sp³-hybridized carbons (Fsp3) is 1.00. The van der Waals surface area contributed by atoms with Crippen LogP contribution in [0, 0.1) is 0 Å². The lowest BCUT2D eigenvalue weighted by Gasteiger charge is -2.50. The van der Waals surface area contributed by atoms with E-state index in [1.807, 2.05) is 11.8 Å². The molecular weight excluding hydrogens is 240 g/mol. The number of piperazine rings is 1. The van der Waals surface area contributed by atoms with Crippen LogP contribution < -0.4 is 0 Å². The van der Waals surface area contributed by atoms with Gasteiger partial charge < -0.3 is 0 Å². The number of nitrogens with zero attached hydrogens (tertiary/aromatic N) is 2. The fourth-order valence-corrected chi connectivity index (χ4v) is 4.21. The van der Waals surface area contributed by atoms with Crippen LogP contribution in [-0.4, -0.2) is 59.6 Å². The SMILES string of the molecule is CCC1CN2CCCCC2CN1C(C)CCSC. The molecule has 2 saturated heterocycles. The Balaban J connectivity index is 1.94. The predicted octanol–water partition coefficient (Wildman–Crippen LogP) is 3.08. The molecule has 0 aromatic rings. The van der Waals surface area contributed by atoms with Crippen LogP contribution in [0.4, 0.5) is 0 Å². The zero-order valence-corrected chi connectivity index (χ0v) is 13.2. The van der Waals surface area contributed by atoms with Gasteiger partial charge in [-0.05, 0) is 51.2 Å². The van der Waals surface area contributed by atoms with Crippen molar-refractivity contribution in [3.8, 4) is 0 Å². The average molecular weight is 270 g/mol. The third-order valence-electron chi connectivity index (χ3n) is 4.86. The molecule has 0 amide bonds. The maximum Gasteiger partial charge on any atom is 0.0224 e. The molecule has 0 aromatic heterocycles. The molecule has 3 unspecified atom stereocenters. The minimum atomic E-state index is 0.770. The fourth-order valence-electron chi connectivity index (χ4n) is 3.63. The van der Waals surface area contributed by atoms with Crippen molar-refractivity contribution < 1.29 is 0 Å². The molecular formula is C15H30N2S. The van der Waals surface area contributed by atoms with Crippen LogP contribution in [0.25, 0.3) is 0 Å². The molecule has 106 valence electrons. The first kappa shape index (κ1) is 14.7. The van der Waals surface area contributed by atoms with Gasteiger partial charge in [0.25, 0.3) is 0 Å². The second kappa shape index (κ2) is 7.16. The summed E-state index contributed by atoms with van der Waals surface area (Å²) in [6.07, 6.45) is 9.20. The van der Waals surface area contributed by atoms with Crippen LogP contribution in [0.2, 0.25) is 0 Å². The van der Waals surface area contributed by atoms with E-state index in [9.17, 15) is 0 Å². The van der Waals surface area contributed by atoms with Crippen LogP contribution in [0.3, 0.4) is 0 Å². The Morgan fingerprint density at radius 3 is 2.83 bits per heavy atom. The Morgan fingerprint density at radius 1 is 1.28 bits per heavy atom. The van der Waals surface area contributed by atoms with Crippen molar-refractivity contribution in [2.75, 3.05) is 31.6 Å². The van der Waals surface area contributed by atoms with E-state index >= 15 is 0 Å². The Morgan fingerprint density at radius 2 is 2.11 bits per heavy atom. The normalized spacial score (nSPS) is 32.2. The Bertz CT molecular complexity index is 247. The third-order valence-corrected chi connectivity index (χ3v) is 5.51. The van der Waals surface area contributed by atoms with Gasteiger partial charge in [0.2, 0.25) is 0 Å². The van der Waals surface area contributed by atoms with Gasteiger partial charge in [0, 0.05) is 31.2 Å². The minimum Gasteiger partial charge on any atom is -0.298 e. The van der Waals surface area contributed by atoms with E-state index in [1.54, 1.807) is 0 Å². The summed E-state index contributed by atoms with van der Waals surface area (Å²) in [6, 6.07) is 2.43. The average Bonchev–Trinajstić information content (AvgIpc) is 2.43. The van der Waals surface area contributed by atoms with Crippen LogP contribution >= 0.6 is 11.8 Å². The Kier molecular flexibility index (Phi) is 5.84. The van der Waals surface area contributed by atoms with Crippen molar-refractivity contribution in [2.45, 2.75) is 64.1 Å². The van der Waals surface area contributed by atoms with Gasteiger partial charge in [0.1, 0.15) is 0 Å². The first-order valence-electron chi connectivity index (χ1n) is 7.75. The number of piperidine rings is 1. The number of fused-ring (bicyclic) bond motifs is 1. The van der Waals surface area contributed by atoms with Gasteiger partial charge in [-0.2, -0.15) is 11.8 Å². The van der Waals surface area contributed by atoms with E-state index in [0.29, 0.717) is 0 Å². The Labute approximate surface area is 117 Å². The molecule has 2 aliphatic heterocycles. The van der Waals surface area contributed by atoms with Crippen LogP contribution in [0.1, 0.15) is 46.0 Å². The van der Waals surface area contributed by atoms with Gasteiger partial charge in [0.15, 0.2) is 0 Å². The summed E-state index contributed by atoms with van der Waals surface area (Å²) >= 11 is 1.99. The second-order valence-electron chi connectivity index (χ2n) is 6.03. The summed E-state index contributed by atoms with van der Waals surface area (Å²) in [5.74, 6) is 1.31. The van der Waals surface area contributed by atoms with Crippen molar-refractivity contribution in [3.63, 3.8) is 0 Å². The molecule has 2 fully saturated rings. The number of rotatable bonds is 5. The van der Waals surface area contributed by atoms with Gasteiger partial charge in [0.05, 0.1) is 0 Å². The molecule has 0 radical (unpaired) electrons. The first-order chi connectivity index (χ1) is 8.76. The monoisotopic (exact) mass is 270 g/mol. The quantitative estimate of drug-likeness (QED) is 0.758. The largest absolute Gasteiger partial charge is 0.298 e. The van der Waals surface area contributed by atoms with Crippen molar-refractivity contribution >= 4 is 11.8 Å². The molecule has 0 N–H and O–H groups in total. The van der Waals surface area contributed by atoms with Crippen LogP contribution in [0.5, 0.6) is 0 Å². The lowest BCUT2D eigenvalue weighted by atomic mass is 9.94. The van der Waals surface area contributed by atoms with Crippen LogP contribution in [-0.2, 0) is 0 Å². The minimum absolute atomic E-state index is 0.770. The first-order valence-corrected chi connectivity index (χ1v) is 9.14. The number of hydrogen-bond acceptors (Lipinski definition) is 3. The standard InChI is InChI=1S/C15H30N2S/c1-4-14-11-16-9-6-5-7-15(16)12-17(14)13(2)8-10-18-3/h13-15H,4-12H2,1-3H3. The van der Waals surface area contributed by atoms with Crippen molar-refractivity contribution in [1.29, 1.82) is 0 Å². The molecule has 2 aliphatic rings. The van der Waals surface area contributed by atoms with Crippen molar-refractivity contribution in [2.24, 2.45) is 0 Å². The molecule has 18 heavy (non-hydrogen) atoms. The molecule has 3 heteroatoms. The highest BCUT2D eigenvalue weighted by Gasteiger charge is 2.35. The molecule has 0 aromatic carbocycles. The molecule has 0 saturated carbocycles. The Hall–Kier alpha value is 0.270. The van der Waals surface area contributed by atoms with Gasteiger partial charge in [-0.25, -0.2) is 0 Å². The summed E-state index contributed by atoms with van der Waals surface area (Å²) in [6.45, 7) is 8.81. The highest BCUT2D eigenvalue weighted by molar-refractivity contribution is 7.98. The maximum atomic E-state index is 2.82. The molecule has 0 bridgehead atoms. The van der Waals surface area contributed by atoms with E-state index in [-0.39, 0.29) is 0 Å². The van der Waals surface area contributed by atoms with E-state index in [1.165, 1.54) is 57.5 Å². The van der Waals surface area contributed by atoms with E-state index in [4.69, 9.17) is 0 Å². The maximum absolute atomic E-state index is 2.82.